The minimum atomic E-state index is -6.15. The van der Waals surface area contributed by atoms with Crippen LogP contribution in [0.2, 0.25) is 0 Å². The van der Waals surface area contributed by atoms with Crippen LogP contribution in [0.1, 0.15) is 18.1 Å². The molecule has 0 spiro atoms. The summed E-state index contributed by atoms with van der Waals surface area (Å²) >= 11 is 0. The number of benzene rings is 4. The number of halogens is 18. The van der Waals surface area contributed by atoms with E-state index in [4.69, 9.17) is 4.74 Å². The molecule has 0 heterocycles. The van der Waals surface area contributed by atoms with E-state index < -0.39 is 93.1 Å². The van der Waals surface area contributed by atoms with Crippen molar-refractivity contribution >= 4 is 0 Å². The van der Waals surface area contributed by atoms with Gasteiger partial charge in [0.2, 0.25) is 5.41 Å². The predicted molar refractivity (Wildman–Crippen MR) is 167 cm³/mol. The number of alkyl halides is 18. The second kappa shape index (κ2) is 12.9. The van der Waals surface area contributed by atoms with Crippen LogP contribution in [-0.4, -0.2) is 66.4 Å². The number of ether oxygens (including phenoxy) is 4. The lowest BCUT2D eigenvalue weighted by Crippen LogP contribution is -2.89. The van der Waals surface area contributed by atoms with Gasteiger partial charge in [-0.1, -0.05) is 48.5 Å². The monoisotopic (exact) mass is 872 g/mol. The highest BCUT2D eigenvalue weighted by Crippen LogP contribution is 2.69. The standard InChI is InChI=1S/C37H22F18O4/c1-27(38)29(39,40)30(41,42)33(27,47)57-24-11-3-19(4-12-24)20-5-13-25(14-6-20)58-34(48)31(43,44)32(45,46)35(34,49)59-26-17-9-22(10-18-26)28(36(50,51)52,37(53,54)55)21-7-15-23(56-2)16-8-21/h3-18H,1-2H3. The van der Waals surface area contributed by atoms with Gasteiger partial charge in [0.25, 0.3) is 5.67 Å². The van der Waals surface area contributed by atoms with Gasteiger partial charge in [-0.2, -0.15) is 74.6 Å². The van der Waals surface area contributed by atoms with Crippen LogP contribution in [0, 0.1) is 0 Å². The van der Waals surface area contributed by atoms with E-state index in [1.54, 1.807) is 0 Å². The lowest BCUT2D eigenvalue weighted by molar-refractivity contribution is -0.527. The van der Waals surface area contributed by atoms with Crippen LogP contribution in [0.3, 0.4) is 0 Å². The van der Waals surface area contributed by atoms with Crippen molar-refractivity contribution in [3.63, 3.8) is 0 Å². The quantitative estimate of drug-likeness (QED) is 0.149. The van der Waals surface area contributed by atoms with Crippen molar-refractivity contribution in [2.75, 3.05) is 7.11 Å². The van der Waals surface area contributed by atoms with Gasteiger partial charge < -0.3 is 18.9 Å². The van der Waals surface area contributed by atoms with Crippen molar-refractivity contribution in [2.24, 2.45) is 0 Å². The molecule has 0 aromatic heterocycles. The molecule has 320 valence electrons. The molecule has 0 N–H and O–H groups in total. The van der Waals surface area contributed by atoms with Crippen molar-refractivity contribution in [2.45, 2.75) is 71.6 Å². The van der Waals surface area contributed by atoms with Crippen molar-refractivity contribution in [3.05, 3.63) is 108 Å². The third-order valence-corrected chi connectivity index (χ3v) is 10.1. The van der Waals surface area contributed by atoms with Gasteiger partial charge >= 0.3 is 53.6 Å². The fourth-order valence-corrected chi connectivity index (χ4v) is 6.61. The van der Waals surface area contributed by atoms with Gasteiger partial charge in [0.05, 0.1) is 7.11 Å². The molecular weight excluding hydrogens is 850 g/mol. The highest BCUT2D eigenvalue weighted by Gasteiger charge is 3.03. The second-order valence-corrected chi connectivity index (χ2v) is 13.4. The van der Waals surface area contributed by atoms with Gasteiger partial charge in [0.1, 0.15) is 23.0 Å². The van der Waals surface area contributed by atoms with Gasteiger partial charge in [-0.15, -0.1) is 0 Å². The summed E-state index contributed by atoms with van der Waals surface area (Å²) in [6.07, 6.45) is -12.3. The van der Waals surface area contributed by atoms with Crippen LogP contribution in [0.25, 0.3) is 11.1 Å². The zero-order valence-electron chi connectivity index (χ0n) is 29.2. The summed E-state index contributed by atoms with van der Waals surface area (Å²) in [5.74, 6) is -42.4. The maximum Gasteiger partial charge on any atom is 0.411 e. The smallest absolute Gasteiger partial charge is 0.411 e. The van der Waals surface area contributed by atoms with Crippen molar-refractivity contribution < 1.29 is 98.0 Å². The molecule has 59 heavy (non-hydrogen) atoms. The summed E-state index contributed by atoms with van der Waals surface area (Å²) in [5, 5.41) is 0. The Balaban J connectivity index is 1.24. The van der Waals surface area contributed by atoms with Crippen molar-refractivity contribution in [3.8, 4) is 34.1 Å². The Morgan fingerprint density at radius 3 is 0.932 bits per heavy atom. The summed E-state index contributed by atoms with van der Waals surface area (Å²) < 4.78 is 278. The highest BCUT2D eigenvalue weighted by atomic mass is 19.4. The maximum absolute atomic E-state index is 15.8. The molecule has 0 saturated heterocycles. The summed E-state index contributed by atoms with van der Waals surface area (Å²) in [5.41, 5.74) is -12.3. The molecular formula is C37H22F18O4. The van der Waals surface area contributed by atoms with Gasteiger partial charge in [-0.3, -0.25) is 0 Å². The van der Waals surface area contributed by atoms with Crippen LogP contribution in [0.5, 0.6) is 23.0 Å². The number of hydrogen-bond donors (Lipinski definition) is 0. The van der Waals surface area contributed by atoms with Gasteiger partial charge in [-0.05, 0) is 77.7 Å². The van der Waals surface area contributed by atoms with Crippen molar-refractivity contribution in [1.82, 2.24) is 0 Å². The maximum atomic E-state index is 15.8. The molecule has 2 aliphatic rings. The Labute approximate surface area is 319 Å². The fourth-order valence-electron chi connectivity index (χ4n) is 6.61. The molecule has 0 amide bonds. The molecule has 4 atom stereocenters. The highest BCUT2D eigenvalue weighted by molar-refractivity contribution is 5.65. The summed E-state index contributed by atoms with van der Waals surface area (Å²) in [4.78, 5) is 0. The lowest BCUT2D eigenvalue weighted by Gasteiger charge is -2.55. The SMILES string of the molecule is COc1ccc(C(c2ccc(OC3(F)C(F)(F)C(F)(F)C3(F)Oc3ccc(-c4ccc(OC5(F)C(C)(F)C(F)(F)C5(F)F)cc4)cc3)cc2)(C(F)(F)F)C(F)(F)F)cc1. The molecule has 4 aromatic carbocycles. The molecule has 2 saturated carbocycles. The third-order valence-electron chi connectivity index (χ3n) is 10.1. The van der Waals surface area contributed by atoms with E-state index in [-0.39, 0.29) is 48.1 Å². The van der Waals surface area contributed by atoms with Crippen LogP contribution in [0.4, 0.5) is 79.0 Å². The Kier molecular flexibility index (Phi) is 9.50. The van der Waals surface area contributed by atoms with E-state index in [9.17, 15) is 70.2 Å². The average Bonchev–Trinajstić information content (AvgIpc) is 3.14. The first-order valence-electron chi connectivity index (χ1n) is 16.3. The topological polar surface area (TPSA) is 36.9 Å². The second-order valence-electron chi connectivity index (χ2n) is 13.4. The van der Waals surface area contributed by atoms with E-state index in [1.165, 1.54) is 0 Å². The largest absolute Gasteiger partial charge is 0.497 e. The van der Waals surface area contributed by atoms with E-state index in [0.717, 1.165) is 55.6 Å². The van der Waals surface area contributed by atoms with Crippen LogP contribution < -0.4 is 18.9 Å². The first-order chi connectivity index (χ1) is 26.8. The van der Waals surface area contributed by atoms with E-state index in [1.807, 2.05) is 0 Å². The molecule has 0 bridgehead atoms. The molecule has 2 fully saturated rings. The fraction of sp³-hybridized carbons (Fsp3) is 0.351. The Bertz CT molecular complexity index is 2150. The van der Waals surface area contributed by atoms with Crippen LogP contribution in [-0.2, 0) is 5.41 Å². The summed E-state index contributed by atoms with van der Waals surface area (Å²) in [6, 6.07) is 9.00. The van der Waals surface area contributed by atoms with Gasteiger partial charge in [0, 0.05) is 0 Å². The molecule has 6 rings (SSSR count). The number of hydrogen-bond acceptors (Lipinski definition) is 4. The normalized spacial score (nSPS) is 28.1. The number of methoxy groups -OCH3 is 1. The Hall–Kier alpha value is -5.18. The van der Waals surface area contributed by atoms with Gasteiger partial charge in [-0.25, -0.2) is 4.39 Å². The Morgan fingerprint density at radius 1 is 0.373 bits per heavy atom. The minimum Gasteiger partial charge on any atom is -0.497 e. The first-order valence-corrected chi connectivity index (χ1v) is 16.3. The molecule has 0 radical (unpaired) electrons. The average molecular weight is 873 g/mol. The van der Waals surface area contributed by atoms with Crippen molar-refractivity contribution in [1.29, 1.82) is 0 Å². The summed E-state index contributed by atoms with van der Waals surface area (Å²) in [7, 11) is 1.07. The van der Waals surface area contributed by atoms with Crippen LogP contribution >= 0.6 is 0 Å². The van der Waals surface area contributed by atoms with Crippen LogP contribution in [0.15, 0.2) is 97.1 Å². The first kappa shape index (κ1) is 43.4. The number of rotatable bonds is 10. The predicted octanol–water partition coefficient (Wildman–Crippen LogP) is 11.9. The molecule has 22 heteroatoms. The molecule has 2 aliphatic carbocycles. The molecule has 4 nitrogen and oxygen atoms in total. The van der Waals surface area contributed by atoms with E-state index in [2.05, 4.69) is 14.2 Å². The van der Waals surface area contributed by atoms with E-state index >= 15 is 8.78 Å². The lowest BCUT2D eigenvalue weighted by atomic mass is 9.69. The minimum absolute atomic E-state index is 0.0136. The zero-order valence-corrected chi connectivity index (χ0v) is 29.2. The zero-order chi connectivity index (χ0) is 44.3. The molecule has 4 unspecified atom stereocenters. The van der Waals surface area contributed by atoms with E-state index in [0.29, 0.717) is 24.3 Å². The Morgan fingerprint density at radius 2 is 0.644 bits per heavy atom. The summed E-state index contributed by atoms with van der Waals surface area (Å²) in [6.45, 7) is -0.141. The molecule has 0 aliphatic heterocycles. The molecule has 4 aromatic rings. The third kappa shape index (κ3) is 5.48. The van der Waals surface area contributed by atoms with Gasteiger partial charge in [0.15, 0.2) is 0 Å².